The van der Waals surface area contributed by atoms with Crippen LogP contribution in [-0.2, 0) is 16.1 Å². The van der Waals surface area contributed by atoms with Gasteiger partial charge in [0.25, 0.3) is 0 Å². The molecule has 2 fully saturated rings. The standard InChI is InChI=1S/C16H25N3O2S/c1-3-19(12(2)20)16-17-13(11-22-16)10-18-8-9-21-15-7-5-4-6-14(15)18/h11,14-15H,3-10H2,1-2H3/t14-,15+/m1/s1. The Kier molecular flexibility index (Phi) is 5.10. The molecule has 0 N–H and O–H groups in total. The van der Waals surface area contributed by atoms with Gasteiger partial charge in [-0.3, -0.25) is 14.6 Å². The summed E-state index contributed by atoms with van der Waals surface area (Å²) in [6, 6.07) is 0.544. The average molecular weight is 323 g/mol. The lowest BCUT2D eigenvalue weighted by molar-refractivity contribution is -0.116. The molecular weight excluding hydrogens is 298 g/mol. The molecule has 2 heterocycles. The van der Waals surface area contributed by atoms with E-state index >= 15 is 0 Å². The van der Waals surface area contributed by atoms with Crippen molar-refractivity contribution >= 4 is 22.4 Å². The third-order valence-electron chi connectivity index (χ3n) is 4.68. The summed E-state index contributed by atoms with van der Waals surface area (Å²) >= 11 is 1.56. The third kappa shape index (κ3) is 3.34. The van der Waals surface area contributed by atoms with E-state index in [1.165, 1.54) is 25.7 Å². The first-order valence-corrected chi connectivity index (χ1v) is 9.15. The van der Waals surface area contributed by atoms with Crippen molar-refractivity contribution < 1.29 is 9.53 Å². The fraction of sp³-hybridized carbons (Fsp3) is 0.750. The van der Waals surface area contributed by atoms with Gasteiger partial charge in [-0.25, -0.2) is 4.98 Å². The van der Waals surface area contributed by atoms with Crippen LogP contribution >= 0.6 is 11.3 Å². The molecule has 22 heavy (non-hydrogen) atoms. The Balaban J connectivity index is 1.67. The van der Waals surface area contributed by atoms with E-state index < -0.39 is 0 Å². The van der Waals surface area contributed by atoms with Gasteiger partial charge in [0.1, 0.15) is 0 Å². The minimum atomic E-state index is 0.0575. The highest BCUT2D eigenvalue weighted by Gasteiger charge is 2.34. The first-order valence-electron chi connectivity index (χ1n) is 8.27. The topological polar surface area (TPSA) is 45.7 Å². The van der Waals surface area contributed by atoms with Crippen molar-refractivity contribution in [3.63, 3.8) is 0 Å². The fourth-order valence-corrected chi connectivity index (χ4v) is 4.49. The van der Waals surface area contributed by atoms with Gasteiger partial charge in [0.15, 0.2) is 5.13 Å². The second-order valence-corrected chi connectivity index (χ2v) is 6.95. The van der Waals surface area contributed by atoms with Gasteiger partial charge in [-0.1, -0.05) is 12.8 Å². The Labute approximate surface area is 136 Å². The predicted molar refractivity (Wildman–Crippen MR) is 88.2 cm³/mol. The Hall–Kier alpha value is -0.980. The van der Waals surface area contributed by atoms with E-state index in [9.17, 15) is 4.79 Å². The summed E-state index contributed by atoms with van der Waals surface area (Å²) in [5, 5.41) is 2.91. The quantitative estimate of drug-likeness (QED) is 0.854. The molecule has 0 spiro atoms. The molecule has 1 aromatic rings. The number of thiazole rings is 1. The first kappa shape index (κ1) is 15.9. The molecule has 6 heteroatoms. The summed E-state index contributed by atoms with van der Waals surface area (Å²) in [6.07, 6.45) is 5.43. The maximum absolute atomic E-state index is 11.6. The molecule has 1 aliphatic heterocycles. The zero-order valence-electron chi connectivity index (χ0n) is 13.5. The molecule has 2 atom stereocenters. The van der Waals surface area contributed by atoms with Crippen LogP contribution in [0.15, 0.2) is 5.38 Å². The van der Waals surface area contributed by atoms with E-state index in [1.807, 2.05) is 6.92 Å². The normalized spacial score (nSPS) is 25.7. The maximum Gasteiger partial charge on any atom is 0.225 e. The maximum atomic E-state index is 11.6. The minimum absolute atomic E-state index is 0.0575. The van der Waals surface area contributed by atoms with E-state index in [-0.39, 0.29) is 5.91 Å². The van der Waals surface area contributed by atoms with Crippen LogP contribution in [0.3, 0.4) is 0 Å². The van der Waals surface area contributed by atoms with E-state index in [1.54, 1.807) is 23.2 Å². The second kappa shape index (κ2) is 7.06. The molecule has 0 aromatic carbocycles. The van der Waals surface area contributed by atoms with Crippen molar-refractivity contribution in [2.75, 3.05) is 24.6 Å². The van der Waals surface area contributed by atoms with E-state index in [0.29, 0.717) is 18.7 Å². The highest BCUT2D eigenvalue weighted by molar-refractivity contribution is 7.14. The van der Waals surface area contributed by atoms with Gasteiger partial charge in [0.2, 0.25) is 5.91 Å². The molecule has 1 amide bonds. The molecule has 0 bridgehead atoms. The monoisotopic (exact) mass is 323 g/mol. The number of hydrogen-bond acceptors (Lipinski definition) is 5. The van der Waals surface area contributed by atoms with Crippen molar-refractivity contribution in [2.45, 2.75) is 58.2 Å². The van der Waals surface area contributed by atoms with Crippen LogP contribution in [0.1, 0.15) is 45.2 Å². The number of amides is 1. The number of aromatic nitrogens is 1. The van der Waals surface area contributed by atoms with Crippen molar-refractivity contribution in [1.29, 1.82) is 0 Å². The lowest BCUT2D eigenvalue weighted by Gasteiger charge is -2.43. The molecule has 1 saturated heterocycles. The van der Waals surface area contributed by atoms with Crippen LogP contribution in [-0.4, -0.2) is 47.6 Å². The number of morpholine rings is 1. The lowest BCUT2D eigenvalue weighted by Crippen LogP contribution is -2.52. The van der Waals surface area contributed by atoms with Crippen molar-refractivity contribution in [3.05, 3.63) is 11.1 Å². The fourth-order valence-electron chi connectivity index (χ4n) is 3.57. The number of nitrogens with zero attached hydrogens (tertiary/aromatic N) is 3. The van der Waals surface area contributed by atoms with Crippen LogP contribution < -0.4 is 4.90 Å². The number of rotatable bonds is 4. The number of carbonyl (C=O) groups excluding carboxylic acids is 1. The molecule has 0 unspecified atom stereocenters. The average Bonchev–Trinajstić information content (AvgIpc) is 2.96. The van der Waals surface area contributed by atoms with Crippen molar-refractivity contribution in [1.82, 2.24) is 9.88 Å². The predicted octanol–water partition coefficient (Wildman–Crippen LogP) is 2.66. The van der Waals surface area contributed by atoms with Crippen LogP contribution in [0.2, 0.25) is 0 Å². The van der Waals surface area contributed by atoms with Crippen LogP contribution in [0.5, 0.6) is 0 Å². The van der Waals surface area contributed by atoms with Gasteiger partial charge in [-0.2, -0.15) is 0 Å². The number of anilines is 1. The number of fused-ring (bicyclic) bond motifs is 1. The zero-order chi connectivity index (χ0) is 15.5. The summed E-state index contributed by atoms with van der Waals surface area (Å²) in [5.41, 5.74) is 1.07. The van der Waals surface area contributed by atoms with E-state index in [0.717, 1.165) is 30.5 Å². The van der Waals surface area contributed by atoms with Gasteiger partial charge >= 0.3 is 0 Å². The SMILES string of the molecule is CCN(C(C)=O)c1nc(CN2CCO[C@H]3CCCC[C@H]32)cs1. The van der Waals surface area contributed by atoms with Crippen molar-refractivity contribution in [2.24, 2.45) is 0 Å². The Morgan fingerprint density at radius 3 is 3.09 bits per heavy atom. The van der Waals surface area contributed by atoms with Gasteiger partial charge in [0.05, 0.1) is 18.4 Å². The van der Waals surface area contributed by atoms with Crippen molar-refractivity contribution in [3.8, 4) is 0 Å². The zero-order valence-corrected chi connectivity index (χ0v) is 14.3. The van der Waals surface area contributed by atoms with Crippen LogP contribution in [0.4, 0.5) is 5.13 Å². The molecule has 5 nitrogen and oxygen atoms in total. The lowest BCUT2D eigenvalue weighted by atomic mass is 9.90. The highest BCUT2D eigenvalue weighted by atomic mass is 32.1. The van der Waals surface area contributed by atoms with Crippen LogP contribution in [0.25, 0.3) is 0 Å². The summed E-state index contributed by atoms with van der Waals surface area (Å²) in [6.45, 7) is 6.93. The highest BCUT2D eigenvalue weighted by Crippen LogP contribution is 2.30. The summed E-state index contributed by atoms with van der Waals surface area (Å²) < 4.78 is 5.93. The van der Waals surface area contributed by atoms with Gasteiger partial charge < -0.3 is 4.74 Å². The smallest absolute Gasteiger partial charge is 0.225 e. The molecule has 1 aromatic heterocycles. The molecule has 2 aliphatic rings. The number of hydrogen-bond donors (Lipinski definition) is 0. The van der Waals surface area contributed by atoms with Gasteiger partial charge in [-0.15, -0.1) is 11.3 Å². The first-order chi connectivity index (χ1) is 10.7. The molecule has 0 radical (unpaired) electrons. The molecule has 1 saturated carbocycles. The second-order valence-electron chi connectivity index (χ2n) is 6.12. The summed E-state index contributed by atoms with van der Waals surface area (Å²) in [7, 11) is 0. The van der Waals surface area contributed by atoms with Gasteiger partial charge in [-0.05, 0) is 19.8 Å². The van der Waals surface area contributed by atoms with E-state index in [4.69, 9.17) is 4.74 Å². The van der Waals surface area contributed by atoms with Gasteiger partial charge in [0, 0.05) is 38.0 Å². The third-order valence-corrected chi connectivity index (χ3v) is 5.59. The summed E-state index contributed by atoms with van der Waals surface area (Å²) in [5.74, 6) is 0.0575. The Morgan fingerprint density at radius 2 is 2.32 bits per heavy atom. The molecular formula is C16H25N3O2S. The molecule has 3 rings (SSSR count). The van der Waals surface area contributed by atoms with E-state index in [2.05, 4.69) is 15.3 Å². The van der Waals surface area contributed by atoms with Crippen LogP contribution in [0, 0.1) is 0 Å². The summed E-state index contributed by atoms with van der Waals surface area (Å²) in [4.78, 5) is 20.6. The molecule has 122 valence electrons. The number of carbonyl (C=O) groups is 1. The minimum Gasteiger partial charge on any atom is -0.375 e. The molecule has 1 aliphatic carbocycles. The number of ether oxygens (including phenoxy) is 1. The Morgan fingerprint density at radius 1 is 1.50 bits per heavy atom. The Bertz CT molecular complexity index is 517. The largest absolute Gasteiger partial charge is 0.375 e.